The van der Waals surface area contributed by atoms with Gasteiger partial charge in [0.05, 0.1) is 0 Å². The van der Waals surface area contributed by atoms with Crippen LogP contribution in [0.25, 0.3) is 0 Å². The summed E-state index contributed by atoms with van der Waals surface area (Å²) in [7, 11) is 0. The fourth-order valence-corrected chi connectivity index (χ4v) is 0. The summed E-state index contributed by atoms with van der Waals surface area (Å²) in [6.45, 7) is 4.71. The largest absolute Gasteiger partial charge is 0.481 e. The Balaban J connectivity index is -0.000000162. The quantitative estimate of drug-likeness (QED) is 0.573. The average molecular weight is 355 g/mol. The van der Waals surface area contributed by atoms with Crippen molar-refractivity contribution in [2.45, 2.75) is 41.2 Å². The standard InChI is InChI=1S/2C3H5Cl3.C2H4O2/c2*1-2-3(4,5)6;1-2(3)4/h2*2H2,1H3;1H3,(H,3,4). The van der Waals surface area contributed by atoms with Gasteiger partial charge >= 0.3 is 0 Å². The summed E-state index contributed by atoms with van der Waals surface area (Å²) in [6.07, 6.45) is 1.13. The van der Waals surface area contributed by atoms with Crippen LogP contribution in [0.15, 0.2) is 0 Å². The topological polar surface area (TPSA) is 37.3 Å². The van der Waals surface area contributed by atoms with Crippen molar-refractivity contribution in [1.29, 1.82) is 0 Å². The Hall–Kier alpha value is 1.21. The highest BCUT2D eigenvalue weighted by Gasteiger charge is 2.14. The van der Waals surface area contributed by atoms with E-state index < -0.39 is 13.6 Å². The third-order valence-corrected chi connectivity index (χ3v) is 2.41. The fraction of sp³-hybridized carbons (Fsp3) is 0.875. The molecule has 0 aliphatic heterocycles. The Bertz CT molecular complexity index is 154. The lowest BCUT2D eigenvalue weighted by Gasteiger charge is -2.02. The highest BCUT2D eigenvalue weighted by molar-refractivity contribution is 6.67. The molecule has 0 aliphatic carbocycles. The Morgan fingerprint density at radius 2 is 1.00 bits per heavy atom. The van der Waals surface area contributed by atoms with Crippen LogP contribution in [0.1, 0.15) is 33.6 Å². The number of hydrogen-bond donors (Lipinski definition) is 1. The maximum absolute atomic E-state index is 9.00. The second-order valence-electron chi connectivity index (χ2n) is 2.46. The zero-order valence-electron chi connectivity index (χ0n) is 9.04. The van der Waals surface area contributed by atoms with Crippen LogP contribution in [-0.2, 0) is 4.79 Å². The summed E-state index contributed by atoms with van der Waals surface area (Å²) in [5.41, 5.74) is 0. The average Bonchev–Trinajstić information content (AvgIpc) is 2.02. The molecule has 0 aromatic carbocycles. The van der Waals surface area contributed by atoms with Gasteiger partial charge in [0, 0.05) is 6.92 Å². The zero-order chi connectivity index (χ0) is 14.0. The molecule has 0 saturated heterocycles. The van der Waals surface area contributed by atoms with E-state index in [0.29, 0.717) is 12.8 Å². The SMILES string of the molecule is CC(=O)O.CCC(Cl)(Cl)Cl.CCC(Cl)(Cl)Cl. The summed E-state index contributed by atoms with van der Waals surface area (Å²) < 4.78 is -2.08. The van der Waals surface area contributed by atoms with E-state index in [2.05, 4.69) is 0 Å². The number of hydrogen-bond acceptors (Lipinski definition) is 1. The number of aliphatic carboxylic acids is 1. The van der Waals surface area contributed by atoms with Crippen molar-refractivity contribution in [3.05, 3.63) is 0 Å². The van der Waals surface area contributed by atoms with Gasteiger partial charge in [0.25, 0.3) is 5.97 Å². The van der Waals surface area contributed by atoms with E-state index in [1.165, 1.54) is 0 Å². The van der Waals surface area contributed by atoms with Crippen molar-refractivity contribution >= 4 is 75.6 Å². The van der Waals surface area contributed by atoms with Gasteiger partial charge in [-0.05, 0) is 12.8 Å². The second-order valence-corrected chi connectivity index (χ2v) is 7.49. The van der Waals surface area contributed by atoms with Gasteiger partial charge < -0.3 is 5.11 Å². The molecule has 0 aromatic heterocycles. The van der Waals surface area contributed by atoms with Gasteiger partial charge in [0.2, 0.25) is 0 Å². The maximum Gasteiger partial charge on any atom is 0.300 e. The van der Waals surface area contributed by atoms with Crippen molar-refractivity contribution in [2.24, 2.45) is 0 Å². The first-order valence-corrected chi connectivity index (χ1v) is 6.45. The molecule has 8 heteroatoms. The van der Waals surface area contributed by atoms with Crippen LogP contribution in [0, 0.1) is 0 Å². The molecule has 0 amide bonds. The van der Waals surface area contributed by atoms with Gasteiger partial charge in [-0.2, -0.15) is 0 Å². The normalized spacial score (nSPS) is 10.6. The Morgan fingerprint density at radius 3 is 1.00 bits per heavy atom. The van der Waals surface area contributed by atoms with Crippen molar-refractivity contribution in [1.82, 2.24) is 0 Å². The number of carboxylic acid groups (broad SMARTS) is 1. The first-order valence-electron chi connectivity index (χ1n) is 4.18. The van der Waals surface area contributed by atoms with E-state index >= 15 is 0 Å². The molecule has 0 aliphatic rings. The lowest BCUT2D eigenvalue weighted by molar-refractivity contribution is -0.134. The molecule has 0 spiro atoms. The minimum atomic E-state index is -1.04. The highest BCUT2D eigenvalue weighted by atomic mass is 35.6. The van der Waals surface area contributed by atoms with Gasteiger partial charge in [-0.1, -0.05) is 83.5 Å². The molecule has 100 valence electrons. The predicted octanol–water partition coefficient (Wildman–Crippen LogP) is 5.62. The smallest absolute Gasteiger partial charge is 0.300 e. The van der Waals surface area contributed by atoms with E-state index in [0.717, 1.165) is 6.92 Å². The molecule has 0 atom stereocenters. The van der Waals surface area contributed by atoms with E-state index in [1.807, 2.05) is 13.8 Å². The van der Waals surface area contributed by atoms with Gasteiger partial charge in [-0.3, -0.25) is 4.79 Å². The third-order valence-electron chi connectivity index (χ3n) is 0.802. The minimum absolute atomic E-state index is 0.567. The van der Waals surface area contributed by atoms with Crippen LogP contribution in [-0.4, -0.2) is 18.7 Å². The van der Waals surface area contributed by atoms with Gasteiger partial charge in [0.1, 0.15) is 0 Å². The Kier molecular flexibility index (Phi) is 15.8. The maximum atomic E-state index is 9.00. The van der Waals surface area contributed by atoms with Crippen molar-refractivity contribution in [3.63, 3.8) is 0 Å². The molecule has 0 fully saturated rings. The Morgan fingerprint density at radius 1 is 0.938 bits per heavy atom. The van der Waals surface area contributed by atoms with Crippen molar-refractivity contribution in [2.75, 3.05) is 0 Å². The molecule has 2 nitrogen and oxygen atoms in total. The molecule has 0 rings (SSSR count). The first kappa shape index (κ1) is 22.4. The Labute approximate surface area is 126 Å². The number of carbonyl (C=O) groups is 1. The van der Waals surface area contributed by atoms with Crippen LogP contribution < -0.4 is 0 Å². The number of halogens is 6. The second kappa shape index (κ2) is 11.3. The van der Waals surface area contributed by atoms with E-state index in [-0.39, 0.29) is 0 Å². The predicted molar refractivity (Wildman–Crippen MR) is 74.5 cm³/mol. The molecule has 0 bridgehead atoms. The van der Waals surface area contributed by atoms with Crippen LogP contribution in [0.3, 0.4) is 0 Å². The van der Waals surface area contributed by atoms with Crippen molar-refractivity contribution in [3.8, 4) is 0 Å². The summed E-state index contributed by atoms with van der Waals surface area (Å²) in [4.78, 5) is 9.00. The highest BCUT2D eigenvalue weighted by Crippen LogP contribution is 2.29. The first-order chi connectivity index (χ1) is 6.85. The summed E-state index contributed by atoms with van der Waals surface area (Å²) in [6, 6.07) is 0. The van der Waals surface area contributed by atoms with E-state index in [9.17, 15) is 0 Å². The summed E-state index contributed by atoms with van der Waals surface area (Å²) >= 11 is 31.5. The number of alkyl halides is 6. The summed E-state index contributed by atoms with van der Waals surface area (Å²) in [5, 5.41) is 7.42. The monoisotopic (exact) mass is 352 g/mol. The molecule has 0 radical (unpaired) electrons. The fourth-order valence-electron chi connectivity index (χ4n) is 0. The van der Waals surface area contributed by atoms with Crippen LogP contribution >= 0.6 is 69.6 Å². The molecular formula is C8H14Cl6O2. The molecule has 1 N–H and O–H groups in total. The zero-order valence-corrected chi connectivity index (χ0v) is 13.6. The van der Waals surface area contributed by atoms with Crippen LogP contribution in [0.5, 0.6) is 0 Å². The molecule has 0 unspecified atom stereocenters. The minimum Gasteiger partial charge on any atom is -0.481 e. The van der Waals surface area contributed by atoms with E-state index in [1.54, 1.807) is 0 Å². The molecule has 0 heterocycles. The lowest BCUT2D eigenvalue weighted by atomic mass is 10.6. The summed E-state index contributed by atoms with van der Waals surface area (Å²) in [5.74, 6) is -0.833. The molecule has 0 saturated carbocycles. The van der Waals surface area contributed by atoms with Crippen molar-refractivity contribution < 1.29 is 9.90 Å². The molecular weight excluding hydrogens is 341 g/mol. The van der Waals surface area contributed by atoms with Gasteiger partial charge in [-0.25, -0.2) is 0 Å². The molecule has 0 aromatic rings. The third kappa shape index (κ3) is 59.1. The number of rotatable bonds is 0. The van der Waals surface area contributed by atoms with Crippen LogP contribution in [0.2, 0.25) is 0 Å². The van der Waals surface area contributed by atoms with Gasteiger partial charge in [-0.15, -0.1) is 0 Å². The van der Waals surface area contributed by atoms with Gasteiger partial charge in [0.15, 0.2) is 7.59 Å². The number of carboxylic acids is 1. The lowest BCUT2D eigenvalue weighted by Crippen LogP contribution is -1.95. The molecule has 16 heavy (non-hydrogen) atoms. The van der Waals surface area contributed by atoms with Crippen LogP contribution in [0.4, 0.5) is 0 Å². The van der Waals surface area contributed by atoms with E-state index in [4.69, 9.17) is 79.5 Å².